The third-order valence-electron chi connectivity index (χ3n) is 4.72. The highest BCUT2D eigenvalue weighted by molar-refractivity contribution is 7.90. The Hall–Kier alpha value is -2.67. The number of aryl methyl sites for hydroxylation is 2. The fourth-order valence-electron chi connectivity index (χ4n) is 3.16. The smallest absolute Gasteiger partial charge is 0.283 e. The maximum absolute atomic E-state index is 12.5. The normalized spacial score (nSPS) is 15.8. The molecule has 0 aliphatic carbocycles. The van der Waals surface area contributed by atoms with E-state index in [9.17, 15) is 13.2 Å². The number of nitrogens with one attached hydrogen (secondary N) is 1. The maximum Gasteiger partial charge on any atom is 0.283 e. The number of carbonyl (C=O) groups is 1. The van der Waals surface area contributed by atoms with E-state index in [4.69, 9.17) is 0 Å². The van der Waals surface area contributed by atoms with Gasteiger partial charge in [-0.2, -0.15) is 8.42 Å². The Balaban J connectivity index is 1.60. The molecule has 2 aromatic carbocycles. The van der Waals surface area contributed by atoms with Crippen LogP contribution in [0.1, 0.15) is 30.4 Å². The molecule has 3 rings (SSSR count). The quantitative estimate of drug-likeness (QED) is 0.808. The van der Waals surface area contributed by atoms with Crippen LogP contribution in [-0.4, -0.2) is 38.7 Å². The van der Waals surface area contributed by atoms with Crippen LogP contribution in [0.2, 0.25) is 0 Å². The Labute approximate surface area is 166 Å². The van der Waals surface area contributed by atoms with E-state index in [1.54, 1.807) is 12.1 Å². The minimum absolute atomic E-state index is 0.107. The van der Waals surface area contributed by atoms with Crippen molar-refractivity contribution in [2.24, 2.45) is 4.40 Å². The lowest BCUT2D eigenvalue weighted by molar-refractivity contribution is -0.116. The van der Waals surface area contributed by atoms with Crippen molar-refractivity contribution in [1.82, 2.24) is 4.90 Å². The van der Waals surface area contributed by atoms with E-state index in [-0.39, 0.29) is 10.8 Å². The first-order valence-electron chi connectivity index (χ1n) is 9.34. The number of hydrogen-bond donors (Lipinski definition) is 1. The van der Waals surface area contributed by atoms with Crippen LogP contribution in [0.5, 0.6) is 0 Å². The summed E-state index contributed by atoms with van der Waals surface area (Å²) >= 11 is 0. The number of sulfonamides is 1. The van der Waals surface area contributed by atoms with Crippen LogP contribution >= 0.6 is 0 Å². The zero-order chi connectivity index (χ0) is 20.1. The molecule has 1 fully saturated rings. The van der Waals surface area contributed by atoms with Crippen molar-refractivity contribution < 1.29 is 13.2 Å². The van der Waals surface area contributed by atoms with Gasteiger partial charge in [-0.05, 0) is 49.6 Å². The molecule has 1 N–H and O–H groups in total. The van der Waals surface area contributed by atoms with E-state index >= 15 is 0 Å². The number of hydrogen-bond acceptors (Lipinski definition) is 3. The van der Waals surface area contributed by atoms with Gasteiger partial charge in [-0.3, -0.25) is 4.79 Å². The fourth-order valence-corrected chi connectivity index (χ4v) is 4.25. The minimum Gasteiger partial charge on any atom is -0.362 e. The summed E-state index contributed by atoms with van der Waals surface area (Å²) < 4.78 is 28.9. The Kier molecular flexibility index (Phi) is 6.14. The van der Waals surface area contributed by atoms with Gasteiger partial charge in [0.05, 0.1) is 4.90 Å². The SMILES string of the molecule is Cc1cccc(CCC(=O)Nc2ccc(S(=O)(=O)N=C3CCCN3C)cc2)c1. The van der Waals surface area contributed by atoms with Gasteiger partial charge in [-0.25, -0.2) is 0 Å². The van der Waals surface area contributed by atoms with Crippen molar-refractivity contribution in [2.45, 2.75) is 37.5 Å². The molecular weight excluding hydrogens is 374 g/mol. The number of amidine groups is 1. The largest absolute Gasteiger partial charge is 0.362 e. The Morgan fingerprint density at radius 2 is 1.93 bits per heavy atom. The molecular formula is C21H25N3O3S. The summed E-state index contributed by atoms with van der Waals surface area (Å²) in [5, 5.41) is 2.81. The zero-order valence-electron chi connectivity index (χ0n) is 16.2. The van der Waals surface area contributed by atoms with Gasteiger partial charge >= 0.3 is 0 Å². The monoisotopic (exact) mass is 399 g/mol. The summed E-state index contributed by atoms with van der Waals surface area (Å²) in [7, 11) is -1.89. The molecule has 7 heteroatoms. The standard InChI is InChI=1S/C21H25N3O3S/c1-16-5-3-6-17(15-16)8-13-21(25)22-18-9-11-19(12-10-18)28(26,27)23-20-7-4-14-24(20)2/h3,5-6,9-12,15H,4,7-8,13-14H2,1-2H3,(H,22,25). The van der Waals surface area contributed by atoms with Crippen LogP contribution in [0, 0.1) is 6.92 Å². The lowest BCUT2D eigenvalue weighted by atomic mass is 10.1. The van der Waals surface area contributed by atoms with E-state index in [2.05, 4.69) is 15.8 Å². The Bertz CT molecular complexity index is 982. The van der Waals surface area contributed by atoms with Crippen LogP contribution < -0.4 is 5.32 Å². The first-order valence-corrected chi connectivity index (χ1v) is 10.8. The molecule has 148 valence electrons. The number of likely N-dealkylation sites (tertiary alicyclic amines) is 1. The Morgan fingerprint density at radius 3 is 2.57 bits per heavy atom. The molecule has 1 aliphatic heterocycles. The van der Waals surface area contributed by atoms with Crippen LogP contribution in [0.25, 0.3) is 0 Å². The van der Waals surface area contributed by atoms with Gasteiger partial charge in [-0.15, -0.1) is 4.40 Å². The fraction of sp³-hybridized carbons (Fsp3) is 0.333. The van der Waals surface area contributed by atoms with Crippen molar-refractivity contribution in [3.05, 3.63) is 59.7 Å². The van der Waals surface area contributed by atoms with Crippen molar-refractivity contribution in [3.63, 3.8) is 0 Å². The van der Waals surface area contributed by atoms with Gasteiger partial charge in [0.15, 0.2) is 0 Å². The average Bonchev–Trinajstić information content (AvgIpc) is 3.04. The molecule has 0 radical (unpaired) electrons. The second-order valence-corrected chi connectivity index (χ2v) is 8.67. The summed E-state index contributed by atoms with van der Waals surface area (Å²) in [6.07, 6.45) is 2.61. The van der Waals surface area contributed by atoms with Crippen LogP contribution in [0.4, 0.5) is 5.69 Å². The van der Waals surface area contributed by atoms with E-state index < -0.39 is 10.0 Å². The van der Waals surface area contributed by atoms with E-state index in [0.717, 1.165) is 18.5 Å². The highest BCUT2D eigenvalue weighted by Crippen LogP contribution is 2.19. The molecule has 1 aliphatic rings. The third-order valence-corrected chi connectivity index (χ3v) is 6.04. The average molecular weight is 400 g/mol. The van der Waals surface area contributed by atoms with Crippen LogP contribution in [-0.2, 0) is 21.2 Å². The van der Waals surface area contributed by atoms with E-state index in [1.807, 2.05) is 37.1 Å². The molecule has 0 atom stereocenters. The van der Waals surface area contributed by atoms with Crippen molar-refractivity contribution in [3.8, 4) is 0 Å². The summed E-state index contributed by atoms with van der Waals surface area (Å²) in [5.74, 6) is 0.485. The molecule has 28 heavy (non-hydrogen) atoms. The highest BCUT2D eigenvalue weighted by atomic mass is 32.2. The predicted octanol–water partition coefficient (Wildman–Crippen LogP) is 3.38. The van der Waals surface area contributed by atoms with Crippen molar-refractivity contribution >= 4 is 27.5 Å². The lowest BCUT2D eigenvalue weighted by Gasteiger charge is -2.11. The van der Waals surface area contributed by atoms with Crippen molar-refractivity contribution in [2.75, 3.05) is 18.9 Å². The maximum atomic E-state index is 12.5. The van der Waals surface area contributed by atoms with Gasteiger partial charge in [0.25, 0.3) is 10.0 Å². The Morgan fingerprint density at radius 1 is 1.18 bits per heavy atom. The number of benzene rings is 2. The number of amides is 1. The minimum atomic E-state index is -3.74. The van der Waals surface area contributed by atoms with Crippen molar-refractivity contribution in [1.29, 1.82) is 0 Å². The van der Waals surface area contributed by atoms with Gasteiger partial charge < -0.3 is 10.2 Å². The summed E-state index contributed by atoms with van der Waals surface area (Å²) in [5.41, 5.74) is 2.86. The van der Waals surface area contributed by atoms with E-state index in [0.29, 0.717) is 30.8 Å². The summed E-state index contributed by atoms with van der Waals surface area (Å²) in [6, 6.07) is 14.2. The van der Waals surface area contributed by atoms with Gasteiger partial charge in [0, 0.05) is 32.1 Å². The molecule has 1 amide bonds. The first kappa shape index (κ1) is 20.1. The predicted molar refractivity (Wildman–Crippen MR) is 111 cm³/mol. The van der Waals surface area contributed by atoms with Gasteiger partial charge in [0.2, 0.25) is 5.91 Å². The topological polar surface area (TPSA) is 78.8 Å². The zero-order valence-corrected chi connectivity index (χ0v) is 17.0. The number of nitrogens with zero attached hydrogens (tertiary/aromatic N) is 2. The van der Waals surface area contributed by atoms with Crippen LogP contribution in [0.15, 0.2) is 57.8 Å². The molecule has 0 spiro atoms. The molecule has 0 bridgehead atoms. The third kappa shape index (κ3) is 5.19. The molecule has 0 saturated carbocycles. The number of anilines is 1. The molecule has 0 aromatic heterocycles. The van der Waals surface area contributed by atoms with Gasteiger partial charge in [-0.1, -0.05) is 29.8 Å². The molecule has 0 unspecified atom stereocenters. The highest BCUT2D eigenvalue weighted by Gasteiger charge is 2.20. The van der Waals surface area contributed by atoms with Gasteiger partial charge in [0.1, 0.15) is 5.84 Å². The molecule has 2 aromatic rings. The summed E-state index contributed by atoms with van der Waals surface area (Å²) in [4.78, 5) is 14.1. The molecule has 6 nitrogen and oxygen atoms in total. The molecule has 1 heterocycles. The second-order valence-electron chi connectivity index (χ2n) is 7.07. The second kappa shape index (κ2) is 8.56. The van der Waals surface area contributed by atoms with Crippen LogP contribution in [0.3, 0.4) is 0 Å². The van der Waals surface area contributed by atoms with E-state index in [1.165, 1.54) is 17.7 Å². The first-order chi connectivity index (χ1) is 13.3. The number of rotatable bonds is 6. The molecule has 1 saturated heterocycles. The number of carbonyl (C=O) groups excluding carboxylic acids is 1. The lowest BCUT2D eigenvalue weighted by Crippen LogP contribution is -2.20. The summed E-state index contributed by atoms with van der Waals surface area (Å²) in [6.45, 7) is 2.84.